The van der Waals surface area contributed by atoms with Crippen molar-refractivity contribution in [2.24, 2.45) is 0 Å². The molecule has 2 atom stereocenters. The Morgan fingerprint density at radius 3 is 2.32 bits per heavy atom. The van der Waals surface area contributed by atoms with Crippen LogP contribution in [0.3, 0.4) is 0 Å². The minimum atomic E-state index is -1.03. The van der Waals surface area contributed by atoms with Crippen molar-refractivity contribution >= 4 is 12.9 Å². The van der Waals surface area contributed by atoms with Crippen molar-refractivity contribution in [1.82, 2.24) is 14.5 Å². The lowest BCUT2D eigenvalue weighted by molar-refractivity contribution is -0.246. The zero-order valence-electron chi connectivity index (χ0n) is 16.2. The minimum Gasteiger partial charge on any atom is -0.483 e. The number of nitrogens with zero attached hydrogens (tertiary/aromatic N) is 3. The van der Waals surface area contributed by atoms with Crippen LogP contribution in [0.4, 0.5) is 0 Å². The SMILES string of the molecule is C[C@@]1(O)CCOC2(CCN(CCCn3ccnc3)CC2)[C@H]1O.O=CO.O=CO. The van der Waals surface area contributed by atoms with Crippen LogP contribution in [0.1, 0.15) is 32.6 Å². The maximum Gasteiger partial charge on any atom is 0.290 e. The molecule has 3 heterocycles. The van der Waals surface area contributed by atoms with Crippen molar-refractivity contribution in [2.45, 2.75) is 56.5 Å². The average molecular weight is 401 g/mol. The van der Waals surface area contributed by atoms with Crippen LogP contribution in [0.25, 0.3) is 0 Å². The first-order valence-corrected chi connectivity index (χ1v) is 9.23. The first-order valence-electron chi connectivity index (χ1n) is 9.23. The summed E-state index contributed by atoms with van der Waals surface area (Å²) in [6, 6.07) is 0. The Kier molecular flexibility index (Phi) is 10.1. The molecule has 3 rings (SSSR count). The van der Waals surface area contributed by atoms with E-state index in [-0.39, 0.29) is 12.9 Å². The molecule has 10 nitrogen and oxygen atoms in total. The third-order valence-electron chi connectivity index (χ3n) is 5.24. The predicted molar refractivity (Wildman–Crippen MR) is 99.8 cm³/mol. The van der Waals surface area contributed by atoms with Crippen LogP contribution < -0.4 is 0 Å². The van der Waals surface area contributed by atoms with Gasteiger partial charge >= 0.3 is 0 Å². The number of aromatic nitrogens is 2. The molecular weight excluding hydrogens is 370 g/mol. The van der Waals surface area contributed by atoms with Gasteiger partial charge in [0.1, 0.15) is 6.10 Å². The highest BCUT2D eigenvalue weighted by molar-refractivity contribution is 5.33. The second kappa shape index (κ2) is 11.7. The average Bonchev–Trinajstić information content (AvgIpc) is 3.16. The molecule has 160 valence electrons. The molecule has 1 spiro atoms. The van der Waals surface area contributed by atoms with Crippen molar-refractivity contribution in [3.63, 3.8) is 0 Å². The van der Waals surface area contributed by atoms with Gasteiger partial charge in [-0.05, 0) is 32.7 Å². The lowest BCUT2D eigenvalue weighted by Gasteiger charge is -2.51. The molecule has 0 radical (unpaired) electrons. The van der Waals surface area contributed by atoms with Crippen LogP contribution in [0, 0.1) is 0 Å². The number of hydrogen-bond acceptors (Lipinski definition) is 7. The van der Waals surface area contributed by atoms with E-state index in [0.29, 0.717) is 13.0 Å². The van der Waals surface area contributed by atoms with Crippen molar-refractivity contribution in [3.05, 3.63) is 18.7 Å². The summed E-state index contributed by atoms with van der Waals surface area (Å²) in [7, 11) is 0. The zero-order valence-corrected chi connectivity index (χ0v) is 16.2. The molecule has 1 aromatic rings. The normalized spacial score (nSPS) is 26.3. The number of rotatable bonds is 4. The monoisotopic (exact) mass is 401 g/mol. The number of aryl methyl sites for hydroxylation is 1. The Balaban J connectivity index is 0.000000582. The van der Waals surface area contributed by atoms with E-state index >= 15 is 0 Å². The lowest BCUT2D eigenvalue weighted by Crippen LogP contribution is -2.64. The van der Waals surface area contributed by atoms with Crippen LogP contribution in [-0.4, -0.2) is 91.4 Å². The largest absolute Gasteiger partial charge is 0.483 e. The van der Waals surface area contributed by atoms with Crippen LogP contribution in [0.2, 0.25) is 0 Å². The highest BCUT2D eigenvalue weighted by Gasteiger charge is 2.52. The third-order valence-corrected chi connectivity index (χ3v) is 5.24. The molecule has 0 aromatic carbocycles. The number of carboxylic acid groups (broad SMARTS) is 2. The van der Waals surface area contributed by atoms with Gasteiger partial charge in [-0.1, -0.05) is 0 Å². The fourth-order valence-corrected chi connectivity index (χ4v) is 3.71. The number of imidazole rings is 1. The summed E-state index contributed by atoms with van der Waals surface area (Å²) in [5, 5.41) is 34.6. The second-order valence-electron chi connectivity index (χ2n) is 7.13. The van der Waals surface area contributed by atoms with Crippen LogP contribution in [0.15, 0.2) is 18.7 Å². The Morgan fingerprint density at radius 1 is 1.18 bits per heavy atom. The molecule has 0 aliphatic carbocycles. The number of ether oxygens (including phenoxy) is 1. The van der Waals surface area contributed by atoms with E-state index < -0.39 is 17.3 Å². The van der Waals surface area contributed by atoms with Gasteiger partial charge in [0.2, 0.25) is 0 Å². The number of carbonyl (C=O) groups is 2. The van der Waals surface area contributed by atoms with Gasteiger partial charge in [-0.25, -0.2) is 4.98 Å². The van der Waals surface area contributed by atoms with Gasteiger partial charge in [0.05, 0.1) is 24.1 Å². The van der Waals surface area contributed by atoms with E-state index in [4.69, 9.17) is 24.5 Å². The summed E-state index contributed by atoms with van der Waals surface area (Å²) in [5.41, 5.74) is -1.58. The topological polar surface area (TPSA) is 145 Å². The Hall–Kier alpha value is -2.01. The van der Waals surface area contributed by atoms with Gasteiger partial charge in [-0.2, -0.15) is 0 Å². The van der Waals surface area contributed by atoms with E-state index in [9.17, 15) is 10.2 Å². The van der Waals surface area contributed by atoms with Crippen molar-refractivity contribution < 1.29 is 34.8 Å². The van der Waals surface area contributed by atoms with Gasteiger partial charge in [0, 0.05) is 38.4 Å². The molecule has 0 saturated carbocycles. The standard InChI is InChI=1S/C16H27N3O3.2CH2O2/c1-15(21)5-12-22-16(14(15)20)3-9-18(10-4-16)7-2-8-19-11-6-17-13-19;2*2-1-3/h6,11,13-14,20-21H,2-5,7-10,12H2,1H3;2*1H,(H,2,3)/t14-,15+;;/m0../s1. The Morgan fingerprint density at radius 2 is 1.79 bits per heavy atom. The van der Waals surface area contributed by atoms with Gasteiger partial charge < -0.3 is 34.6 Å². The molecule has 1 aromatic heterocycles. The van der Waals surface area contributed by atoms with E-state index in [2.05, 4.69) is 14.5 Å². The smallest absolute Gasteiger partial charge is 0.290 e. The van der Waals surface area contributed by atoms with Gasteiger partial charge in [-0.15, -0.1) is 0 Å². The fourth-order valence-electron chi connectivity index (χ4n) is 3.71. The molecule has 2 saturated heterocycles. The van der Waals surface area contributed by atoms with Crippen LogP contribution >= 0.6 is 0 Å². The van der Waals surface area contributed by atoms with E-state index in [1.807, 2.05) is 12.5 Å². The summed E-state index contributed by atoms with van der Waals surface area (Å²) >= 11 is 0. The van der Waals surface area contributed by atoms with Crippen molar-refractivity contribution in [2.75, 3.05) is 26.2 Å². The minimum absolute atomic E-state index is 0.250. The Bertz CT molecular complexity index is 552. The third kappa shape index (κ3) is 6.86. The van der Waals surface area contributed by atoms with Crippen LogP contribution in [0.5, 0.6) is 0 Å². The molecule has 2 aliphatic heterocycles. The molecular formula is C18H31N3O7. The summed E-state index contributed by atoms with van der Waals surface area (Å²) in [6.45, 7) is 5.61. The maximum atomic E-state index is 10.5. The summed E-state index contributed by atoms with van der Waals surface area (Å²) in [6.07, 6.45) is 8.01. The molecule has 2 aliphatic rings. The molecule has 0 amide bonds. The van der Waals surface area contributed by atoms with Crippen molar-refractivity contribution in [3.8, 4) is 0 Å². The summed E-state index contributed by atoms with van der Waals surface area (Å²) in [4.78, 5) is 23.2. The molecule has 28 heavy (non-hydrogen) atoms. The molecule has 0 unspecified atom stereocenters. The number of piperidine rings is 1. The van der Waals surface area contributed by atoms with E-state index in [0.717, 1.165) is 45.4 Å². The zero-order chi connectivity index (χ0) is 21.0. The van der Waals surface area contributed by atoms with Crippen LogP contribution in [-0.2, 0) is 20.9 Å². The number of likely N-dealkylation sites (tertiary alicyclic amines) is 1. The molecule has 0 bridgehead atoms. The van der Waals surface area contributed by atoms with Gasteiger partial charge in [-0.3, -0.25) is 9.59 Å². The fraction of sp³-hybridized carbons (Fsp3) is 0.722. The quantitative estimate of drug-likeness (QED) is 0.514. The summed E-state index contributed by atoms with van der Waals surface area (Å²) < 4.78 is 8.01. The van der Waals surface area contributed by atoms with Gasteiger partial charge in [0.15, 0.2) is 0 Å². The van der Waals surface area contributed by atoms with E-state index in [1.165, 1.54) is 0 Å². The first-order chi connectivity index (χ1) is 13.3. The highest BCUT2D eigenvalue weighted by atomic mass is 16.5. The number of aliphatic hydroxyl groups excluding tert-OH is 1. The number of hydrogen-bond donors (Lipinski definition) is 4. The molecule has 2 fully saturated rings. The van der Waals surface area contributed by atoms with Crippen molar-refractivity contribution in [1.29, 1.82) is 0 Å². The highest BCUT2D eigenvalue weighted by Crippen LogP contribution is 2.39. The number of aliphatic hydroxyl groups is 2. The second-order valence-corrected chi connectivity index (χ2v) is 7.13. The predicted octanol–water partition coefficient (Wildman–Crippen LogP) is 0.0416. The van der Waals surface area contributed by atoms with E-state index in [1.54, 1.807) is 13.1 Å². The molecule has 4 N–H and O–H groups in total. The molecule has 10 heteroatoms. The van der Waals surface area contributed by atoms with Gasteiger partial charge in [0.25, 0.3) is 12.9 Å². The Labute approximate surface area is 164 Å². The summed E-state index contributed by atoms with van der Waals surface area (Å²) in [5.74, 6) is 0. The maximum absolute atomic E-state index is 10.5. The first kappa shape index (κ1) is 24.0. The lowest BCUT2D eigenvalue weighted by atomic mass is 9.75.